The Hall–Kier alpha value is -3.06. The van der Waals surface area contributed by atoms with E-state index < -0.39 is 0 Å². The second-order valence-corrected chi connectivity index (χ2v) is 8.08. The van der Waals surface area contributed by atoms with Gasteiger partial charge in [-0.25, -0.2) is 0 Å². The van der Waals surface area contributed by atoms with Crippen LogP contribution in [0.2, 0.25) is 5.02 Å². The molecule has 0 saturated carbocycles. The van der Waals surface area contributed by atoms with Crippen molar-refractivity contribution in [3.8, 4) is 0 Å². The van der Waals surface area contributed by atoms with Crippen LogP contribution < -0.4 is 10.6 Å². The van der Waals surface area contributed by atoms with Crippen LogP contribution in [0.15, 0.2) is 42.5 Å². The van der Waals surface area contributed by atoms with Crippen molar-refractivity contribution in [3.05, 3.63) is 58.6 Å². The SMILES string of the molecule is CCN(CC)C(=O)c1ccc(NC(=O)CNc2cc(Cl)ccc2C(=O)N2CCCC2)cc1. The zero-order valence-corrected chi connectivity index (χ0v) is 19.2. The lowest BCUT2D eigenvalue weighted by atomic mass is 10.1. The third-order valence-corrected chi connectivity index (χ3v) is 5.75. The van der Waals surface area contributed by atoms with Gasteiger partial charge in [0.1, 0.15) is 0 Å². The monoisotopic (exact) mass is 456 g/mol. The van der Waals surface area contributed by atoms with E-state index in [0.29, 0.717) is 40.6 Å². The Balaban J connectivity index is 1.61. The van der Waals surface area contributed by atoms with Gasteiger partial charge in [0, 0.05) is 48.1 Å². The molecule has 0 aromatic heterocycles. The summed E-state index contributed by atoms with van der Waals surface area (Å²) in [6.45, 7) is 6.62. The molecule has 1 aliphatic heterocycles. The molecule has 0 radical (unpaired) electrons. The van der Waals surface area contributed by atoms with E-state index in [4.69, 9.17) is 11.6 Å². The number of nitrogens with one attached hydrogen (secondary N) is 2. The molecule has 1 aliphatic rings. The van der Waals surface area contributed by atoms with Gasteiger partial charge >= 0.3 is 0 Å². The lowest BCUT2D eigenvalue weighted by molar-refractivity contribution is -0.114. The van der Waals surface area contributed by atoms with Crippen molar-refractivity contribution in [2.75, 3.05) is 43.4 Å². The van der Waals surface area contributed by atoms with Crippen molar-refractivity contribution in [2.24, 2.45) is 0 Å². The summed E-state index contributed by atoms with van der Waals surface area (Å²) < 4.78 is 0. The summed E-state index contributed by atoms with van der Waals surface area (Å²) in [5, 5.41) is 6.32. The minimum atomic E-state index is -0.271. The summed E-state index contributed by atoms with van der Waals surface area (Å²) in [7, 11) is 0. The molecule has 3 rings (SSSR count). The number of carbonyl (C=O) groups excluding carboxylic acids is 3. The van der Waals surface area contributed by atoms with Gasteiger partial charge in [-0.1, -0.05) is 11.6 Å². The Morgan fingerprint density at radius 1 is 1.00 bits per heavy atom. The largest absolute Gasteiger partial charge is 0.375 e. The lowest BCUT2D eigenvalue weighted by Gasteiger charge is -2.19. The molecule has 0 spiro atoms. The highest BCUT2D eigenvalue weighted by atomic mass is 35.5. The average Bonchev–Trinajstić information content (AvgIpc) is 3.33. The van der Waals surface area contributed by atoms with E-state index >= 15 is 0 Å². The smallest absolute Gasteiger partial charge is 0.255 e. The molecule has 0 bridgehead atoms. The Morgan fingerprint density at radius 2 is 1.66 bits per heavy atom. The highest BCUT2D eigenvalue weighted by Gasteiger charge is 2.22. The number of amides is 3. The molecule has 2 N–H and O–H groups in total. The first-order chi connectivity index (χ1) is 15.4. The summed E-state index contributed by atoms with van der Waals surface area (Å²) in [4.78, 5) is 41.2. The predicted molar refractivity (Wildman–Crippen MR) is 127 cm³/mol. The number of hydrogen-bond donors (Lipinski definition) is 2. The minimum absolute atomic E-state index is 0.0270. The van der Waals surface area contributed by atoms with E-state index in [1.165, 1.54) is 0 Å². The molecule has 170 valence electrons. The maximum absolute atomic E-state index is 12.8. The van der Waals surface area contributed by atoms with Crippen molar-refractivity contribution in [1.29, 1.82) is 0 Å². The van der Waals surface area contributed by atoms with Crippen LogP contribution in [0.4, 0.5) is 11.4 Å². The van der Waals surface area contributed by atoms with Gasteiger partial charge in [-0.2, -0.15) is 0 Å². The second kappa shape index (κ2) is 11.0. The molecule has 1 saturated heterocycles. The molecule has 32 heavy (non-hydrogen) atoms. The first-order valence-corrected chi connectivity index (χ1v) is 11.3. The van der Waals surface area contributed by atoms with Crippen LogP contribution in [0, 0.1) is 0 Å². The van der Waals surface area contributed by atoms with Gasteiger partial charge in [-0.15, -0.1) is 0 Å². The molecule has 0 aliphatic carbocycles. The Bertz CT molecular complexity index is 968. The minimum Gasteiger partial charge on any atom is -0.375 e. The van der Waals surface area contributed by atoms with Gasteiger partial charge < -0.3 is 20.4 Å². The Kier molecular flexibility index (Phi) is 8.11. The summed E-state index contributed by atoms with van der Waals surface area (Å²) in [5.41, 5.74) is 2.20. The van der Waals surface area contributed by atoms with Crippen LogP contribution in [0.1, 0.15) is 47.4 Å². The first kappa shape index (κ1) is 23.6. The van der Waals surface area contributed by atoms with Crippen LogP contribution in [0.25, 0.3) is 0 Å². The number of carbonyl (C=O) groups is 3. The van der Waals surface area contributed by atoms with E-state index in [2.05, 4.69) is 10.6 Å². The maximum atomic E-state index is 12.8. The van der Waals surface area contributed by atoms with Crippen LogP contribution in [0.3, 0.4) is 0 Å². The standard InChI is InChI=1S/C24H29ClN4O3/c1-3-28(4-2)23(31)17-7-10-19(11-8-17)27-22(30)16-26-21-15-18(25)9-12-20(21)24(32)29-13-5-6-14-29/h7-12,15,26H,3-6,13-14,16H2,1-2H3,(H,27,30). The van der Waals surface area contributed by atoms with Gasteiger partial charge in [-0.05, 0) is 69.2 Å². The second-order valence-electron chi connectivity index (χ2n) is 7.65. The maximum Gasteiger partial charge on any atom is 0.255 e. The fraction of sp³-hybridized carbons (Fsp3) is 0.375. The normalized spacial score (nSPS) is 13.0. The molecule has 0 unspecified atom stereocenters. The van der Waals surface area contributed by atoms with Gasteiger partial charge in [0.2, 0.25) is 5.91 Å². The third kappa shape index (κ3) is 5.79. The van der Waals surface area contributed by atoms with E-state index in [1.807, 2.05) is 18.7 Å². The lowest BCUT2D eigenvalue weighted by Crippen LogP contribution is -2.30. The molecular weight excluding hydrogens is 428 g/mol. The molecule has 2 aromatic rings. The molecule has 2 aromatic carbocycles. The molecule has 0 atom stereocenters. The predicted octanol–water partition coefficient (Wildman–Crippen LogP) is 4.11. The number of rotatable bonds is 8. The van der Waals surface area contributed by atoms with Crippen molar-refractivity contribution < 1.29 is 14.4 Å². The molecule has 7 nitrogen and oxygen atoms in total. The summed E-state index contributed by atoms with van der Waals surface area (Å²) in [6.07, 6.45) is 2.01. The number of nitrogens with zero attached hydrogens (tertiary/aromatic N) is 2. The van der Waals surface area contributed by atoms with Crippen LogP contribution in [-0.4, -0.2) is 60.2 Å². The molecule has 1 heterocycles. The quantitative estimate of drug-likeness (QED) is 0.626. The number of hydrogen-bond acceptors (Lipinski definition) is 4. The number of anilines is 2. The van der Waals surface area contributed by atoms with Gasteiger partial charge in [0.15, 0.2) is 0 Å². The Morgan fingerprint density at radius 3 is 2.28 bits per heavy atom. The number of likely N-dealkylation sites (tertiary alicyclic amines) is 1. The Labute approximate surface area is 193 Å². The number of benzene rings is 2. The molecule has 3 amide bonds. The summed E-state index contributed by atoms with van der Waals surface area (Å²) in [5.74, 6) is -0.367. The van der Waals surface area contributed by atoms with Crippen LogP contribution in [-0.2, 0) is 4.79 Å². The first-order valence-electron chi connectivity index (χ1n) is 10.9. The zero-order valence-electron chi connectivity index (χ0n) is 18.5. The van der Waals surface area contributed by atoms with Crippen molar-refractivity contribution in [1.82, 2.24) is 9.80 Å². The zero-order chi connectivity index (χ0) is 23.1. The van der Waals surface area contributed by atoms with Crippen LogP contribution >= 0.6 is 11.6 Å². The fourth-order valence-electron chi connectivity index (χ4n) is 3.71. The van der Waals surface area contributed by atoms with E-state index in [-0.39, 0.29) is 24.3 Å². The van der Waals surface area contributed by atoms with Crippen LogP contribution in [0.5, 0.6) is 0 Å². The highest BCUT2D eigenvalue weighted by molar-refractivity contribution is 6.31. The fourth-order valence-corrected chi connectivity index (χ4v) is 3.88. The summed E-state index contributed by atoms with van der Waals surface area (Å²) >= 11 is 6.11. The van der Waals surface area contributed by atoms with Gasteiger partial charge in [0.25, 0.3) is 11.8 Å². The molecule has 8 heteroatoms. The van der Waals surface area contributed by atoms with Crippen molar-refractivity contribution >= 4 is 40.7 Å². The number of halogens is 1. The molecular formula is C24H29ClN4O3. The van der Waals surface area contributed by atoms with E-state index in [1.54, 1.807) is 47.4 Å². The van der Waals surface area contributed by atoms with Gasteiger partial charge in [-0.3, -0.25) is 14.4 Å². The molecule has 1 fully saturated rings. The van der Waals surface area contributed by atoms with Crippen molar-refractivity contribution in [2.45, 2.75) is 26.7 Å². The van der Waals surface area contributed by atoms with Crippen molar-refractivity contribution in [3.63, 3.8) is 0 Å². The third-order valence-electron chi connectivity index (χ3n) is 5.51. The summed E-state index contributed by atoms with van der Waals surface area (Å²) in [6, 6.07) is 11.8. The average molecular weight is 457 g/mol. The van der Waals surface area contributed by atoms with Gasteiger partial charge in [0.05, 0.1) is 12.1 Å². The van der Waals surface area contributed by atoms with E-state index in [9.17, 15) is 14.4 Å². The van der Waals surface area contributed by atoms with E-state index in [0.717, 1.165) is 25.9 Å². The topological polar surface area (TPSA) is 81.8 Å². The highest BCUT2D eigenvalue weighted by Crippen LogP contribution is 2.24.